The number of fused-ring (bicyclic) bond motifs is 1. The number of ketones is 1. The number of nitrogens with two attached hydrogens (primary N) is 1. The van der Waals surface area contributed by atoms with E-state index in [0.29, 0.717) is 48.7 Å². The summed E-state index contributed by atoms with van der Waals surface area (Å²) in [4.78, 5) is 27.9. The highest BCUT2D eigenvalue weighted by atomic mass is 16.5. The van der Waals surface area contributed by atoms with Gasteiger partial charge in [-0.25, -0.2) is 0 Å². The van der Waals surface area contributed by atoms with Crippen LogP contribution in [-0.2, 0) is 17.4 Å². The molecule has 8 nitrogen and oxygen atoms in total. The number of phenolic OH excluding ortho intramolecular Hbond substituents is 1. The minimum atomic E-state index is -0.354. The zero-order valence-corrected chi connectivity index (χ0v) is 23.0. The van der Waals surface area contributed by atoms with Crippen LogP contribution in [0.5, 0.6) is 11.5 Å². The Kier molecular flexibility index (Phi) is 8.03. The summed E-state index contributed by atoms with van der Waals surface area (Å²) < 4.78 is 5.71. The molecule has 2 aromatic rings. The van der Waals surface area contributed by atoms with Gasteiger partial charge in [-0.3, -0.25) is 15.0 Å². The van der Waals surface area contributed by atoms with E-state index in [-0.39, 0.29) is 40.7 Å². The Hall–Kier alpha value is -3.39. The van der Waals surface area contributed by atoms with Crippen molar-refractivity contribution in [2.24, 2.45) is 5.73 Å². The van der Waals surface area contributed by atoms with Crippen LogP contribution in [0.1, 0.15) is 91.4 Å². The maximum absolute atomic E-state index is 13.5. The minimum Gasteiger partial charge on any atom is -0.507 e. The molecule has 0 fully saturated rings. The minimum absolute atomic E-state index is 0.00409. The molecule has 0 radical (unpaired) electrons. The standard InChI is InChI=1S/C29H40N4O4/c1-8-37-24-13-18-15-33(26(31)19(18)14-20(24)27(36)32-10-9-30)16-23(34)17-11-21(28(2,3)4)25(35)22(12-17)29(5,6)7/h11-14,31,35H,8-10,15-16,30H2,1-7H3,(H,32,36). The average Bonchev–Trinajstić information content (AvgIpc) is 3.09. The van der Waals surface area contributed by atoms with Crippen LogP contribution >= 0.6 is 0 Å². The number of carbonyl (C=O) groups is 2. The lowest BCUT2D eigenvalue weighted by atomic mass is 9.78. The van der Waals surface area contributed by atoms with E-state index >= 15 is 0 Å². The molecule has 0 bridgehead atoms. The van der Waals surface area contributed by atoms with Gasteiger partial charge < -0.3 is 25.8 Å². The molecule has 0 saturated heterocycles. The fourth-order valence-electron chi connectivity index (χ4n) is 4.50. The Bertz CT molecular complexity index is 1190. The second-order valence-corrected chi connectivity index (χ2v) is 11.5. The lowest BCUT2D eigenvalue weighted by molar-refractivity contribution is 0.0947. The van der Waals surface area contributed by atoms with Crippen LogP contribution in [0, 0.1) is 5.41 Å². The SMILES string of the molecule is CCOc1cc2c(cc1C(=O)NCCN)C(=N)N(CC(=O)c1cc(C(C)(C)C)c(O)c(C(C)(C)C)c1)C2. The van der Waals surface area contributed by atoms with Gasteiger partial charge in [-0.15, -0.1) is 0 Å². The van der Waals surface area contributed by atoms with Crippen molar-refractivity contribution in [3.63, 3.8) is 0 Å². The highest BCUT2D eigenvalue weighted by Crippen LogP contribution is 2.40. The quantitative estimate of drug-likeness (QED) is 0.398. The number of aromatic hydroxyl groups is 1. The van der Waals surface area contributed by atoms with E-state index in [2.05, 4.69) is 5.32 Å². The Morgan fingerprint density at radius 1 is 1.08 bits per heavy atom. The van der Waals surface area contributed by atoms with Crippen molar-refractivity contribution in [1.29, 1.82) is 5.41 Å². The van der Waals surface area contributed by atoms with Crippen LogP contribution in [-0.4, -0.2) is 53.8 Å². The number of phenols is 1. The summed E-state index contributed by atoms with van der Waals surface area (Å²) in [6, 6.07) is 6.99. The molecule has 0 spiro atoms. The largest absolute Gasteiger partial charge is 0.507 e. The van der Waals surface area contributed by atoms with Crippen molar-refractivity contribution in [2.75, 3.05) is 26.2 Å². The molecular weight excluding hydrogens is 468 g/mol. The normalized spacial score (nSPS) is 13.5. The molecule has 2 aromatic carbocycles. The molecule has 0 aliphatic carbocycles. The Labute approximate surface area is 219 Å². The number of hydrogen-bond donors (Lipinski definition) is 4. The third-order valence-electron chi connectivity index (χ3n) is 6.49. The molecule has 37 heavy (non-hydrogen) atoms. The van der Waals surface area contributed by atoms with Crippen LogP contribution < -0.4 is 15.8 Å². The van der Waals surface area contributed by atoms with Gasteiger partial charge in [-0.2, -0.15) is 0 Å². The Morgan fingerprint density at radius 3 is 2.19 bits per heavy atom. The van der Waals surface area contributed by atoms with Crippen molar-refractivity contribution >= 4 is 17.5 Å². The maximum atomic E-state index is 13.5. The highest BCUT2D eigenvalue weighted by Gasteiger charge is 2.31. The molecule has 0 aromatic heterocycles. The molecule has 0 atom stereocenters. The second-order valence-electron chi connectivity index (χ2n) is 11.5. The average molecular weight is 509 g/mol. The first-order valence-corrected chi connectivity index (χ1v) is 12.7. The molecule has 1 heterocycles. The Balaban J connectivity index is 1.93. The molecule has 5 N–H and O–H groups in total. The lowest BCUT2D eigenvalue weighted by Gasteiger charge is -2.28. The third-order valence-corrected chi connectivity index (χ3v) is 6.49. The summed E-state index contributed by atoms with van der Waals surface area (Å²) >= 11 is 0. The van der Waals surface area contributed by atoms with E-state index in [1.54, 1.807) is 29.2 Å². The second kappa shape index (κ2) is 10.5. The molecule has 0 unspecified atom stereocenters. The number of rotatable bonds is 8. The van der Waals surface area contributed by atoms with Crippen LogP contribution in [0.4, 0.5) is 0 Å². The third kappa shape index (κ3) is 5.96. The molecule has 1 aliphatic rings. The topological polar surface area (TPSA) is 129 Å². The number of Topliss-reactive ketones (excluding diaryl/α,β-unsaturated/α-hetero) is 1. The number of nitrogens with one attached hydrogen (secondary N) is 2. The zero-order valence-electron chi connectivity index (χ0n) is 23.0. The molecular formula is C29H40N4O4. The summed E-state index contributed by atoms with van der Waals surface area (Å²) in [5.41, 5.74) is 8.53. The summed E-state index contributed by atoms with van der Waals surface area (Å²) in [5, 5.41) is 22.5. The van der Waals surface area contributed by atoms with Crippen molar-refractivity contribution in [3.8, 4) is 11.5 Å². The number of amidine groups is 1. The predicted molar refractivity (Wildman–Crippen MR) is 146 cm³/mol. The monoisotopic (exact) mass is 508 g/mol. The van der Waals surface area contributed by atoms with Gasteiger partial charge in [0.2, 0.25) is 0 Å². The summed E-state index contributed by atoms with van der Waals surface area (Å²) in [5.74, 6) is 0.402. The lowest BCUT2D eigenvalue weighted by Crippen LogP contribution is -2.31. The van der Waals surface area contributed by atoms with E-state index in [1.165, 1.54) is 0 Å². The Morgan fingerprint density at radius 2 is 1.68 bits per heavy atom. The van der Waals surface area contributed by atoms with E-state index in [1.807, 2.05) is 48.5 Å². The van der Waals surface area contributed by atoms with Crippen LogP contribution in [0.25, 0.3) is 0 Å². The first-order valence-electron chi connectivity index (χ1n) is 12.7. The van der Waals surface area contributed by atoms with Gasteiger partial charge in [0.05, 0.1) is 18.7 Å². The van der Waals surface area contributed by atoms with E-state index in [9.17, 15) is 14.7 Å². The van der Waals surface area contributed by atoms with Gasteiger partial charge in [0.15, 0.2) is 5.78 Å². The van der Waals surface area contributed by atoms with Crippen molar-refractivity contribution in [3.05, 3.63) is 57.6 Å². The van der Waals surface area contributed by atoms with Crippen molar-refractivity contribution < 1.29 is 19.4 Å². The first-order chi connectivity index (χ1) is 17.2. The van der Waals surface area contributed by atoms with E-state index in [0.717, 1.165) is 16.7 Å². The van der Waals surface area contributed by atoms with Crippen LogP contribution in [0.15, 0.2) is 24.3 Å². The number of nitrogens with zero attached hydrogens (tertiary/aromatic N) is 1. The van der Waals surface area contributed by atoms with Gasteiger partial charge in [0.25, 0.3) is 5.91 Å². The molecule has 1 aliphatic heterocycles. The number of benzene rings is 2. The molecule has 200 valence electrons. The predicted octanol–water partition coefficient (Wildman–Crippen LogP) is 4.10. The van der Waals surface area contributed by atoms with Crippen molar-refractivity contribution in [2.45, 2.75) is 65.8 Å². The highest BCUT2D eigenvalue weighted by molar-refractivity contribution is 6.07. The molecule has 0 saturated carbocycles. The summed E-state index contributed by atoms with van der Waals surface area (Å²) in [7, 11) is 0. The van der Waals surface area contributed by atoms with Crippen LogP contribution in [0.3, 0.4) is 0 Å². The molecule has 3 rings (SSSR count). The van der Waals surface area contributed by atoms with Gasteiger partial charge in [-0.1, -0.05) is 41.5 Å². The van der Waals surface area contributed by atoms with Gasteiger partial charge in [0.1, 0.15) is 17.3 Å². The van der Waals surface area contributed by atoms with Gasteiger partial charge in [-0.05, 0) is 47.6 Å². The van der Waals surface area contributed by atoms with Crippen LogP contribution in [0.2, 0.25) is 0 Å². The first kappa shape index (κ1) is 28.2. The zero-order chi connectivity index (χ0) is 27.7. The van der Waals surface area contributed by atoms with Gasteiger partial charge >= 0.3 is 0 Å². The number of hydrogen-bond acceptors (Lipinski definition) is 6. The molecule has 1 amide bonds. The number of ether oxygens (including phenoxy) is 1. The van der Waals surface area contributed by atoms with Gasteiger partial charge in [0, 0.05) is 41.9 Å². The van der Waals surface area contributed by atoms with E-state index in [4.69, 9.17) is 15.9 Å². The fraction of sp³-hybridized carbons (Fsp3) is 0.483. The van der Waals surface area contributed by atoms with Crippen molar-refractivity contribution in [1.82, 2.24) is 10.2 Å². The fourth-order valence-corrected chi connectivity index (χ4v) is 4.50. The summed E-state index contributed by atoms with van der Waals surface area (Å²) in [6.45, 7) is 15.3. The smallest absolute Gasteiger partial charge is 0.255 e. The number of carbonyl (C=O) groups excluding carboxylic acids is 2. The maximum Gasteiger partial charge on any atom is 0.255 e. The number of amides is 1. The van der Waals surface area contributed by atoms with E-state index < -0.39 is 0 Å². The molecule has 8 heteroatoms. The summed E-state index contributed by atoms with van der Waals surface area (Å²) in [6.07, 6.45) is 0.